The van der Waals surface area contributed by atoms with E-state index >= 15 is 0 Å². The van der Waals surface area contributed by atoms with Gasteiger partial charge in [-0.05, 0) is 77.5 Å². The van der Waals surface area contributed by atoms with Crippen LogP contribution in [0.2, 0.25) is 0 Å². The van der Waals surface area contributed by atoms with Gasteiger partial charge in [0.25, 0.3) is 0 Å². The molecule has 0 radical (unpaired) electrons. The lowest BCUT2D eigenvalue weighted by Crippen LogP contribution is -2.15. The smallest absolute Gasteiger partial charge is 0.397 e. The van der Waals surface area contributed by atoms with Gasteiger partial charge in [0.05, 0.1) is 80.2 Å². The van der Waals surface area contributed by atoms with Crippen molar-refractivity contribution in [3.8, 4) is 0 Å². The molecule has 0 aliphatic heterocycles. The Morgan fingerprint density at radius 2 is 0.871 bits per heavy atom. The zero-order chi connectivity index (χ0) is 52.0. The molecule has 0 aliphatic carbocycles. The molecule has 0 spiro atoms. The van der Waals surface area contributed by atoms with Gasteiger partial charge in [0.1, 0.15) is 22.6 Å². The van der Waals surface area contributed by atoms with Crippen LogP contribution in [0, 0.1) is 0 Å². The second-order valence-electron chi connectivity index (χ2n) is 13.7. The molecule has 0 fully saturated rings. The van der Waals surface area contributed by atoms with Crippen molar-refractivity contribution in [3.63, 3.8) is 0 Å². The highest BCUT2D eigenvalue weighted by atomic mass is 32.3. The quantitative estimate of drug-likeness (QED) is 0.0207. The first-order valence-corrected chi connectivity index (χ1v) is 28.1. The summed E-state index contributed by atoms with van der Waals surface area (Å²) in [5, 5.41) is 35.3. The number of fused-ring (bicyclic) bond motifs is 1. The lowest BCUT2D eigenvalue weighted by Gasteiger charge is -2.13. The second kappa shape index (κ2) is 21.6. The van der Waals surface area contributed by atoms with Crippen LogP contribution in [0.25, 0.3) is 10.8 Å². The zero-order valence-electron chi connectivity index (χ0n) is 34.8. The van der Waals surface area contributed by atoms with Crippen LogP contribution in [0.1, 0.15) is 10.4 Å². The van der Waals surface area contributed by atoms with Gasteiger partial charge in [0.2, 0.25) is 0 Å². The standard InChI is InChI=1S/C35H34N8O20S7/c36-29-31(41-38-21-2-6-23(7-3-21)65(46,47)16-13-61-68(52,53)54)28(35(44)45)32(30(37)33(29)43-39-22-4-8-24(9-5-22)66(48,49)17-14-62-69(55,56)57)42-40-27-12-1-20-19-25(10-11-26(20)34(27)64)67(50,51)18-15-63-70(58,59)60/h1-12,19,64H,13-18,36-37H2,(H,44,45)(H,52,53,54)(H,55,56,57)(H,58,59,60). The Bertz CT molecular complexity index is 3650. The summed E-state index contributed by atoms with van der Waals surface area (Å²) in [7, 11) is -27.2. The van der Waals surface area contributed by atoms with Crippen molar-refractivity contribution in [2.24, 2.45) is 30.7 Å². The highest BCUT2D eigenvalue weighted by molar-refractivity contribution is 7.92. The summed E-state index contributed by atoms with van der Waals surface area (Å²) in [6.45, 7) is -2.68. The van der Waals surface area contributed by atoms with E-state index < -0.39 is 138 Å². The van der Waals surface area contributed by atoms with E-state index in [1.54, 1.807) is 0 Å². The van der Waals surface area contributed by atoms with Gasteiger partial charge in [0.15, 0.2) is 29.5 Å². The lowest BCUT2D eigenvalue weighted by atomic mass is 10.1. The topological polar surface area (TPSA) is 457 Å². The average molecular weight is 1110 g/mol. The molecular formula is C35H34N8O20S7. The summed E-state index contributed by atoms with van der Waals surface area (Å²) < 4.78 is 180. The number of hydrogen-bond acceptors (Lipinski definition) is 25. The second-order valence-corrected chi connectivity index (χ2v) is 23.7. The molecule has 70 heavy (non-hydrogen) atoms. The van der Waals surface area contributed by atoms with Crippen molar-refractivity contribution in [1.82, 2.24) is 0 Å². The molecule has 0 bridgehead atoms. The highest BCUT2D eigenvalue weighted by Crippen LogP contribution is 2.49. The predicted octanol–water partition coefficient (Wildman–Crippen LogP) is 5.02. The Labute approximate surface area is 403 Å². The van der Waals surface area contributed by atoms with Gasteiger partial charge in [-0.15, -0.1) is 33.1 Å². The van der Waals surface area contributed by atoms with Gasteiger partial charge in [-0.25, -0.2) is 42.6 Å². The molecule has 35 heteroatoms. The van der Waals surface area contributed by atoms with Crippen LogP contribution in [0.15, 0.2) is 129 Å². The minimum atomic E-state index is -4.92. The molecule has 0 aromatic heterocycles. The largest absolute Gasteiger partial charge is 0.478 e. The third-order valence-electron chi connectivity index (χ3n) is 8.94. The van der Waals surface area contributed by atoms with Crippen molar-refractivity contribution in [1.29, 1.82) is 0 Å². The molecule has 0 heterocycles. The summed E-state index contributed by atoms with van der Waals surface area (Å²) in [5.74, 6) is -4.26. The van der Waals surface area contributed by atoms with Crippen LogP contribution >= 0.6 is 12.6 Å². The highest BCUT2D eigenvalue weighted by Gasteiger charge is 2.27. The fourth-order valence-corrected chi connectivity index (χ4v) is 10.5. The molecule has 0 aliphatic rings. The number of rotatable bonds is 22. The normalized spacial score (nSPS) is 13.3. The third-order valence-corrected chi connectivity index (χ3v) is 15.9. The maximum Gasteiger partial charge on any atom is 0.397 e. The summed E-state index contributed by atoms with van der Waals surface area (Å²) in [6, 6.07) is 15.3. The molecule has 5 aromatic rings. The van der Waals surface area contributed by atoms with Crippen molar-refractivity contribution in [2.75, 3.05) is 48.5 Å². The van der Waals surface area contributed by atoms with Gasteiger partial charge in [0, 0.05) is 4.90 Å². The molecule has 0 saturated heterocycles. The summed E-state index contributed by atoms with van der Waals surface area (Å²) >= 11 is 4.50. The number of carboxylic acids is 1. The SMILES string of the molecule is Nc1c(N=Nc2ccc(S(=O)(=O)CCOS(=O)(=O)O)cc2)c(N)c(N=Nc2ccc3cc(S(=O)(=O)CCOS(=O)(=O)O)ccc3c2S)c(C(=O)O)c1N=Nc1ccc(S(=O)(=O)CCOS(=O)(=O)O)cc1. The number of aromatic carboxylic acids is 1. The van der Waals surface area contributed by atoms with Crippen molar-refractivity contribution in [3.05, 3.63) is 84.4 Å². The number of nitrogens with zero attached hydrogens (tertiary/aromatic N) is 6. The maximum absolute atomic E-state index is 12.9. The fourth-order valence-electron chi connectivity index (χ4n) is 5.68. The van der Waals surface area contributed by atoms with E-state index in [4.69, 9.17) is 25.1 Å². The Morgan fingerprint density at radius 1 is 0.500 bits per heavy atom. The molecule has 5 rings (SSSR count). The first kappa shape index (κ1) is 55.0. The van der Waals surface area contributed by atoms with Gasteiger partial charge < -0.3 is 16.6 Å². The summed E-state index contributed by atoms with van der Waals surface area (Å²) in [6.07, 6.45) is 0. The Morgan fingerprint density at radius 3 is 1.27 bits per heavy atom. The number of carbonyl (C=O) groups is 1. The van der Waals surface area contributed by atoms with E-state index in [9.17, 15) is 60.4 Å². The van der Waals surface area contributed by atoms with E-state index in [2.05, 4.69) is 55.9 Å². The number of azo groups is 3. The van der Waals surface area contributed by atoms with Crippen LogP contribution < -0.4 is 11.5 Å². The molecule has 0 unspecified atom stereocenters. The first-order valence-electron chi connectivity index (χ1n) is 18.6. The van der Waals surface area contributed by atoms with Gasteiger partial charge in [-0.1, -0.05) is 12.1 Å². The van der Waals surface area contributed by atoms with E-state index in [1.165, 1.54) is 30.3 Å². The Kier molecular flexibility index (Phi) is 16.9. The molecule has 0 atom stereocenters. The number of hydrogen-bond donors (Lipinski definition) is 7. The molecule has 5 aromatic carbocycles. The fraction of sp³-hybridized carbons (Fsp3) is 0.171. The van der Waals surface area contributed by atoms with Crippen LogP contribution in [0.5, 0.6) is 0 Å². The number of thiol groups is 1. The van der Waals surface area contributed by atoms with Crippen LogP contribution in [-0.2, 0) is 73.3 Å². The third kappa shape index (κ3) is 14.8. The Balaban J connectivity index is 1.57. The number of anilines is 2. The molecule has 0 saturated carbocycles. The first-order chi connectivity index (χ1) is 32.4. The molecule has 376 valence electrons. The van der Waals surface area contributed by atoms with E-state index in [1.807, 2.05) is 0 Å². The van der Waals surface area contributed by atoms with Crippen LogP contribution in [0.3, 0.4) is 0 Å². The molecule has 8 N–H and O–H groups in total. The summed E-state index contributed by atoms with van der Waals surface area (Å²) in [5.41, 5.74) is 8.98. The van der Waals surface area contributed by atoms with Crippen LogP contribution in [-0.4, -0.2) is 112 Å². The molecule has 28 nitrogen and oxygen atoms in total. The predicted molar refractivity (Wildman–Crippen MR) is 247 cm³/mol. The van der Waals surface area contributed by atoms with Gasteiger partial charge >= 0.3 is 37.2 Å². The minimum Gasteiger partial charge on any atom is -0.478 e. The summed E-state index contributed by atoms with van der Waals surface area (Å²) in [4.78, 5) is 12.1. The van der Waals surface area contributed by atoms with Crippen molar-refractivity contribution >= 4 is 136 Å². The van der Waals surface area contributed by atoms with Gasteiger partial charge in [-0.3, -0.25) is 13.7 Å². The maximum atomic E-state index is 12.9. The number of benzene rings is 5. The van der Waals surface area contributed by atoms with Crippen LogP contribution in [0.4, 0.5) is 45.5 Å². The van der Waals surface area contributed by atoms with E-state index in [-0.39, 0.29) is 42.0 Å². The number of nitrogen functional groups attached to an aromatic ring is 2. The number of sulfone groups is 3. The average Bonchev–Trinajstić information content (AvgIpc) is 3.24. The zero-order valence-corrected chi connectivity index (χ0v) is 40.6. The van der Waals surface area contributed by atoms with E-state index in [0.717, 1.165) is 48.5 Å². The van der Waals surface area contributed by atoms with Gasteiger partial charge in [-0.2, -0.15) is 35.5 Å². The monoisotopic (exact) mass is 1110 g/mol. The number of nitrogens with two attached hydrogens (primary N) is 2. The minimum absolute atomic E-state index is 0.0360. The Hall–Kier alpha value is -5.96. The number of carboxylic acid groups (broad SMARTS) is 1. The van der Waals surface area contributed by atoms with E-state index in [0.29, 0.717) is 5.39 Å². The molecule has 0 amide bonds. The lowest BCUT2D eigenvalue weighted by molar-refractivity contribution is 0.0698. The van der Waals surface area contributed by atoms with Crippen molar-refractivity contribution in [2.45, 2.75) is 19.6 Å². The van der Waals surface area contributed by atoms with Crippen molar-refractivity contribution < 1.29 is 86.6 Å². The molecular weight excluding hydrogens is 1080 g/mol.